The summed E-state index contributed by atoms with van der Waals surface area (Å²) in [5.74, 6) is -0.0609. The summed E-state index contributed by atoms with van der Waals surface area (Å²) in [6.45, 7) is 2.21. The van der Waals surface area contributed by atoms with Gasteiger partial charge in [0.25, 0.3) is 0 Å². The molecule has 1 saturated heterocycles. The summed E-state index contributed by atoms with van der Waals surface area (Å²) in [7, 11) is 5.01. The number of methoxy groups -OCH3 is 1. The van der Waals surface area contributed by atoms with Crippen LogP contribution >= 0.6 is 21.6 Å². The van der Waals surface area contributed by atoms with E-state index in [1.54, 1.807) is 10.8 Å². The molecule has 1 rings (SSSR count). The Hall–Kier alpha value is 0.170. The molecule has 1 aliphatic rings. The van der Waals surface area contributed by atoms with E-state index >= 15 is 0 Å². The van der Waals surface area contributed by atoms with E-state index in [-0.39, 0.29) is 11.2 Å². The largest absolute Gasteiger partial charge is 0.468 e. The minimum atomic E-state index is -0.0609. The van der Waals surface area contributed by atoms with Crippen LogP contribution in [0.3, 0.4) is 0 Å². The van der Waals surface area contributed by atoms with Gasteiger partial charge in [0.2, 0.25) is 0 Å². The van der Waals surface area contributed by atoms with E-state index in [0.717, 1.165) is 18.1 Å². The minimum Gasteiger partial charge on any atom is -0.468 e. The molecule has 0 aromatic carbocycles. The maximum atomic E-state index is 11.3. The molecule has 76 valence electrons. The normalized spacial score (nSPS) is 29.4. The van der Waals surface area contributed by atoms with E-state index in [0.29, 0.717) is 0 Å². The van der Waals surface area contributed by atoms with Crippen molar-refractivity contribution in [3.8, 4) is 0 Å². The molecule has 0 aliphatic carbocycles. The fourth-order valence-electron chi connectivity index (χ4n) is 1.33. The van der Waals surface area contributed by atoms with E-state index in [1.165, 1.54) is 20.0 Å². The molecule has 2 nitrogen and oxygen atoms in total. The van der Waals surface area contributed by atoms with Gasteiger partial charge in [-0.05, 0) is 19.3 Å². The maximum absolute atomic E-state index is 11.3. The Kier molecular flexibility index (Phi) is 5.02. The summed E-state index contributed by atoms with van der Waals surface area (Å²) in [5.41, 5.74) is 0. The second-order valence-corrected chi connectivity index (χ2v) is 5.94. The lowest BCUT2D eigenvalue weighted by molar-refractivity contribution is -0.140. The van der Waals surface area contributed by atoms with Crippen LogP contribution in [0, 0.1) is 0 Å². The van der Waals surface area contributed by atoms with E-state index in [1.807, 2.05) is 10.8 Å². The summed E-state index contributed by atoms with van der Waals surface area (Å²) in [5, 5.41) is 0.784. The average Bonchev–Trinajstić information content (AvgIpc) is 2.41. The van der Waals surface area contributed by atoms with Gasteiger partial charge in [-0.2, -0.15) is 0 Å². The number of rotatable bonds is 2. The molecule has 0 bridgehead atoms. The molecule has 4 heteroatoms. The van der Waals surface area contributed by atoms with Crippen molar-refractivity contribution in [1.29, 1.82) is 0 Å². The van der Waals surface area contributed by atoms with Crippen LogP contribution in [-0.2, 0) is 9.53 Å². The van der Waals surface area contributed by atoms with Crippen molar-refractivity contribution < 1.29 is 9.53 Å². The summed E-state index contributed by atoms with van der Waals surface area (Å²) in [6.07, 6.45) is 4.56. The van der Waals surface area contributed by atoms with Crippen LogP contribution in [0.5, 0.6) is 0 Å². The molecular formula is C9H16O2S2. The Bertz CT molecular complexity index is 173. The lowest BCUT2D eigenvalue weighted by atomic mass is 10.1. The van der Waals surface area contributed by atoms with Gasteiger partial charge in [0.1, 0.15) is 5.25 Å². The van der Waals surface area contributed by atoms with Gasteiger partial charge >= 0.3 is 5.97 Å². The highest BCUT2D eigenvalue weighted by Crippen LogP contribution is 2.40. The molecule has 0 aromatic rings. The van der Waals surface area contributed by atoms with Crippen molar-refractivity contribution in [1.82, 2.24) is 0 Å². The van der Waals surface area contributed by atoms with Gasteiger partial charge in [0, 0.05) is 5.25 Å². The first-order valence-corrected chi connectivity index (χ1v) is 6.95. The molecule has 0 spiro atoms. The molecule has 13 heavy (non-hydrogen) atoms. The number of carbonyl (C=O) groups is 1. The molecule has 1 aliphatic heterocycles. The third-order valence-electron chi connectivity index (χ3n) is 2.22. The SMILES string of the molecule is CCC1CCCC(C(=O)OC)SS1. The number of ether oxygens (including phenoxy) is 1. The van der Waals surface area contributed by atoms with Gasteiger partial charge in [-0.25, -0.2) is 0 Å². The smallest absolute Gasteiger partial charge is 0.319 e. The first-order valence-electron chi connectivity index (χ1n) is 4.68. The van der Waals surface area contributed by atoms with Crippen molar-refractivity contribution in [2.24, 2.45) is 0 Å². The lowest BCUT2D eigenvalue weighted by Gasteiger charge is -2.10. The zero-order valence-electron chi connectivity index (χ0n) is 8.12. The Morgan fingerprint density at radius 1 is 1.46 bits per heavy atom. The first-order chi connectivity index (χ1) is 6.27. The molecule has 0 amide bonds. The minimum absolute atomic E-state index is 0.0609. The number of hydrogen-bond donors (Lipinski definition) is 0. The van der Waals surface area contributed by atoms with Gasteiger partial charge in [-0.3, -0.25) is 4.79 Å². The van der Waals surface area contributed by atoms with E-state index in [9.17, 15) is 4.79 Å². The third-order valence-corrected chi connectivity index (χ3v) is 5.68. The first kappa shape index (κ1) is 11.2. The van der Waals surface area contributed by atoms with E-state index in [2.05, 4.69) is 6.92 Å². The Balaban J connectivity index is 2.40. The van der Waals surface area contributed by atoms with Gasteiger partial charge in [0.15, 0.2) is 0 Å². The second kappa shape index (κ2) is 5.81. The second-order valence-electron chi connectivity index (χ2n) is 3.17. The maximum Gasteiger partial charge on any atom is 0.319 e. The summed E-state index contributed by atoms with van der Waals surface area (Å²) >= 11 is 0. The summed E-state index contributed by atoms with van der Waals surface area (Å²) < 4.78 is 4.74. The highest BCUT2D eigenvalue weighted by atomic mass is 33.1. The van der Waals surface area contributed by atoms with Gasteiger partial charge in [-0.1, -0.05) is 34.9 Å². The highest BCUT2D eigenvalue weighted by molar-refractivity contribution is 8.77. The van der Waals surface area contributed by atoms with E-state index in [4.69, 9.17) is 4.74 Å². The van der Waals surface area contributed by atoms with Crippen molar-refractivity contribution in [2.45, 2.75) is 43.1 Å². The van der Waals surface area contributed by atoms with Crippen molar-refractivity contribution in [3.05, 3.63) is 0 Å². The monoisotopic (exact) mass is 220 g/mol. The van der Waals surface area contributed by atoms with E-state index < -0.39 is 0 Å². The van der Waals surface area contributed by atoms with Crippen molar-refractivity contribution in [3.63, 3.8) is 0 Å². The molecule has 0 N–H and O–H groups in total. The molecular weight excluding hydrogens is 204 g/mol. The zero-order valence-corrected chi connectivity index (χ0v) is 9.75. The van der Waals surface area contributed by atoms with Crippen molar-refractivity contribution in [2.75, 3.05) is 7.11 Å². The molecule has 2 unspecified atom stereocenters. The van der Waals surface area contributed by atoms with Crippen LogP contribution in [0.25, 0.3) is 0 Å². The molecule has 1 fully saturated rings. The number of esters is 1. The van der Waals surface area contributed by atoms with Crippen LogP contribution < -0.4 is 0 Å². The number of hydrogen-bond acceptors (Lipinski definition) is 4. The topological polar surface area (TPSA) is 26.3 Å². The summed E-state index contributed by atoms with van der Waals surface area (Å²) in [4.78, 5) is 11.3. The Labute approximate surface area is 87.6 Å². The lowest BCUT2D eigenvalue weighted by Crippen LogP contribution is -2.16. The van der Waals surface area contributed by atoms with Crippen LogP contribution in [0.4, 0.5) is 0 Å². The quantitative estimate of drug-likeness (QED) is 0.528. The molecule has 0 radical (unpaired) electrons. The highest BCUT2D eigenvalue weighted by Gasteiger charge is 2.25. The predicted molar refractivity (Wildman–Crippen MR) is 58.9 cm³/mol. The molecule has 1 heterocycles. The molecule has 0 saturated carbocycles. The van der Waals surface area contributed by atoms with Gasteiger partial charge in [-0.15, -0.1) is 0 Å². The molecule has 2 atom stereocenters. The fourth-order valence-corrected chi connectivity index (χ4v) is 4.56. The Morgan fingerprint density at radius 2 is 2.23 bits per heavy atom. The number of carbonyl (C=O) groups excluding carboxylic acids is 1. The predicted octanol–water partition coefficient (Wildman–Crippen LogP) is 2.87. The third kappa shape index (κ3) is 3.43. The van der Waals surface area contributed by atoms with Crippen LogP contribution in [0.15, 0.2) is 0 Å². The average molecular weight is 220 g/mol. The van der Waals surface area contributed by atoms with Crippen LogP contribution in [0.1, 0.15) is 32.6 Å². The summed E-state index contributed by atoms with van der Waals surface area (Å²) in [6, 6.07) is 0. The van der Waals surface area contributed by atoms with Gasteiger partial charge in [0.05, 0.1) is 7.11 Å². The van der Waals surface area contributed by atoms with Crippen molar-refractivity contribution >= 4 is 27.6 Å². The van der Waals surface area contributed by atoms with Crippen LogP contribution in [-0.4, -0.2) is 23.6 Å². The fraction of sp³-hybridized carbons (Fsp3) is 0.889. The molecule has 0 aromatic heterocycles. The Morgan fingerprint density at radius 3 is 2.85 bits per heavy atom. The van der Waals surface area contributed by atoms with Gasteiger partial charge < -0.3 is 4.74 Å². The standard InChI is InChI=1S/C9H16O2S2/c1-3-7-5-4-6-8(13-12-7)9(10)11-2/h7-8H,3-6H2,1-2H3. The zero-order chi connectivity index (χ0) is 9.68. The van der Waals surface area contributed by atoms with Crippen LogP contribution in [0.2, 0.25) is 0 Å².